The van der Waals surface area contributed by atoms with E-state index in [1.165, 1.54) is 5.56 Å². The van der Waals surface area contributed by atoms with Crippen LogP contribution in [0.5, 0.6) is 5.75 Å². The summed E-state index contributed by atoms with van der Waals surface area (Å²) in [5.41, 5.74) is 9.26. The van der Waals surface area contributed by atoms with E-state index >= 15 is 0 Å². The number of ether oxygens (including phenoxy) is 1. The first-order valence-electron chi connectivity index (χ1n) is 10.9. The van der Waals surface area contributed by atoms with Gasteiger partial charge in [0.1, 0.15) is 5.75 Å². The first-order chi connectivity index (χ1) is 15.6. The van der Waals surface area contributed by atoms with Gasteiger partial charge in [0.15, 0.2) is 5.76 Å². The van der Waals surface area contributed by atoms with Crippen LogP contribution in [0.1, 0.15) is 42.2 Å². The van der Waals surface area contributed by atoms with Crippen molar-refractivity contribution in [2.24, 2.45) is 5.73 Å². The summed E-state index contributed by atoms with van der Waals surface area (Å²) < 4.78 is 10.9. The summed E-state index contributed by atoms with van der Waals surface area (Å²) in [6, 6.07) is 19.8. The zero-order valence-corrected chi connectivity index (χ0v) is 18.3. The fraction of sp³-hybridized carbons (Fsp3) is 0.296. The normalized spacial score (nSPS) is 15.6. The third kappa shape index (κ3) is 4.87. The van der Waals surface area contributed by atoms with E-state index in [4.69, 9.17) is 14.9 Å². The Morgan fingerprint density at radius 3 is 2.50 bits per heavy atom. The number of likely N-dealkylation sites (tertiary alicyclic amines) is 1. The summed E-state index contributed by atoms with van der Waals surface area (Å²) in [6.45, 7) is 4.59. The Bertz CT molecular complexity index is 1100. The fourth-order valence-corrected chi connectivity index (χ4v) is 4.21. The summed E-state index contributed by atoms with van der Waals surface area (Å²) >= 11 is 0. The largest absolute Gasteiger partial charge is 0.492 e. The Labute approximate surface area is 189 Å². The van der Waals surface area contributed by atoms with Gasteiger partial charge in [-0.05, 0) is 54.7 Å². The number of benzene rings is 2. The standard InChI is InChI=1S/C15H20N2O2.C12H8O/c1-11(18)17-6-4-15(5-7-17)10-19-14-3-2-12(9-16)8-13(14)15;1-2-5-11(6-3-1)8-9-12-7-4-10-13-12/h2-3,8H,4-7,9-10,16H2,1H3;1-7,10H. The number of fused-ring (bicyclic) bond motifs is 2. The second kappa shape index (κ2) is 9.76. The van der Waals surface area contributed by atoms with E-state index in [0.29, 0.717) is 12.3 Å². The predicted octanol–water partition coefficient (Wildman–Crippen LogP) is 4.10. The molecule has 5 nitrogen and oxygen atoms in total. The fourth-order valence-electron chi connectivity index (χ4n) is 4.21. The molecular weight excluding hydrogens is 400 g/mol. The van der Waals surface area contributed by atoms with Gasteiger partial charge < -0.3 is 19.8 Å². The van der Waals surface area contributed by atoms with Crippen molar-refractivity contribution < 1.29 is 13.9 Å². The molecule has 0 radical (unpaired) electrons. The molecule has 0 aliphatic carbocycles. The number of nitrogens with two attached hydrogens (primary N) is 1. The van der Waals surface area contributed by atoms with E-state index in [2.05, 4.69) is 17.9 Å². The molecule has 1 spiro atoms. The van der Waals surface area contributed by atoms with Crippen LogP contribution in [0, 0.1) is 11.8 Å². The van der Waals surface area contributed by atoms with Crippen LogP contribution < -0.4 is 10.5 Å². The van der Waals surface area contributed by atoms with Crippen LogP contribution in [-0.4, -0.2) is 30.5 Å². The van der Waals surface area contributed by atoms with E-state index in [1.54, 1.807) is 13.2 Å². The van der Waals surface area contributed by atoms with E-state index < -0.39 is 0 Å². The minimum atomic E-state index is 0.0897. The molecule has 2 N–H and O–H groups in total. The first kappa shape index (κ1) is 21.7. The van der Waals surface area contributed by atoms with Gasteiger partial charge in [0.25, 0.3) is 0 Å². The van der Waals surface area contributed by atoms with Crippen LogP contribution in [0.15, 0.2) is 71.3 Å². The second-order valence-electron chi connectivity index (χ2n) is 8.20. The van der Waals surface area contributed by atoms with Crippen molar-refractivity contribution in [3.05, 3.63) is 89.4 Å². The quantitative estimate of drug-likeness (QED) is 0.593. The zero-order chi connectivity index (χ0) is 22.4. The first-order valence-corrected chi connectivity index (χ1v) is 10.9. The Kier molecular flexibility index (Phi) is 6.63. The van der Waals surface area contributed by atoms with Crippen molar-refractivity contribution in [3.8, 4) is 17.6 Å². The third-order valence-electron chi connectivity index (χ3n) is 6.15. The van der Waals surface area contributed by atoms with Gasteiger partial charge in [-0.2, -0.15) is 0 Å². The SMILES string of the molecule is C(#Cc1ccco1)c1ccccc1.CC(=O)N1CCC2(CC1)COc1ccc(CN)cc12. The van der Waals surface area contributed by atoms with Gasteiger partial charge in [-0.3, -0.25) is 4.79 Å². The van der Waals surface area contributed by atoms with E-state index in [-0.39, 0.29) is 11.3 Å². The monoisotopic (exact) mass is 428 g/mol. The molecule has 2 aliphatic heterocycles. The highest BCUT2D eigenvalue weighted by Crippen LogP contribution is 2.45. The van der Waals surface area contributed by atoms with E-state index in [9.17, 15) is 4.79 Å². The maximum atomic E-state index is 11.4. The molecule has 164 valence electrons. The molecule has 2 aliphatic rings. The molecule has 0 bridgehead atoms. The molecule has 0 unspecified atom stereocenters. The molecule has 0 saturated carbocycles. The number of hydrogen-bond donors (Lipinski definition) is 1. The molecule has 2 aromatic carbocycles. The minimum absolute atomic E-state index is 0.0897. The maximum Gasteiger partial charge on any atom is 0.219 e. The number of carbonyl (C=O) groups excluding carboxylic acids is 1. The zero-order valence-electron chi connectivity index (χ0n) is 18.3. The minimum Gasteiger partial charge on any atom is -0.492 e. The number of piperidine rings is 1. The van der Waals surface area contributed by atoms with Crippen molar-refractivity contribution in [1.82, 2.24) is 4.90 Å². The lowest BCUT2D eigenvalue weighted by atomic mass is 9.74. The maximum absolute atomic E-state index is 11.4. The number of furan rings is 1. The molecule has 1 fully saturated rings. The van der Waals surface area contributed by atoms with Crippen molar-refractivity contribution in [2.75, 3.05) is 19.7 Å². The molecule has 0 atom stereocenters. The van der Waals surface area contributed by atoms with E-state index in [0.717, 1.165) is 49.4 Å². The Hall–Kier alpha value is -3.49. The molecule has 1 saturated heterocycles. The van der Waals surface area contributed by atoms with Crippen LogP contribution in [0.3, 0.4) is 0 Å². The predicted molar refractivity (Wildman–Crippen MR) is 124 cm³/mol. The highest BCUT2D eigenvalue weighted by Gasteiger charge is 2.43. The molecule has 1 aromatic heterocycles. The summed E-state index contributed by atoms with van der Waals surface area (Å²) in [5, 5.41) is 0. The van der Waals surface area contributed by atoms with Gasteiger partial charge in [-0.25, -0.2) is 0 Å². The summed E-state index contributed by atoms with van der Waals surface area (Å²) in [7, 11) is 0. The molecule has 5 rings (SSSR count). The Morgan fingerprint density at radius 2 is 1.84 bits per heavy atom. The van der Waals surface area contributed by atoms with E-state index in [1.807, 2.05) is 59.5 Å². The Morgan fingerprint density at radius 1 is 1.06 bits per heavy atom. The van der Waals surface area contributed by atoms with Crippen LogP contribution in [0.4, 0.5) is 0 Å². The molecule has 3 heterocycles. The Balaban J connectivity index is 0.000000165. The molecule has 3 aromatic rings. The lowest BCUT2D eigenvalue weighted by Crippen LogP contribution is -2.45. The van der Waals surface area contributed by atoms with Gasteiger partial charge in [-0.15, -0.1) is 0 Å². The van der Waals surface area contributed by atoms with Crippen molar-refractivity contribution in [2.45, 2.75) is 31.7 Å². The molecule has 1 amide bonds. The van der Waals surface area contributed by atoms with Crippen molar-refractivity contribution >= 4 is 5.91 Å². The number of hydrogen-bond acceptors (Lipinski definition) is 4. The number of nitrogens with zero attached hydrogens (tertiary/aromatic N) is 1. The smallest absolute Gasteiger partial charge is 0.219 e. The highest BCUT2D eigenvalue weighted by atomic mass is 16.5. The molecular formula is C27H28N2O3. The lowest BCUT2D eigenvalue weighted by Gasteiger charge is -2.38. The highest BCUT2D eigenvalue weighted by molar-refractivity contribution is 5.73. The van der Waals surface area contributed by atoms with Gasteiger partial charge >= 0.3 is 0 Å². The van der Waals surface area contributed by atoms with Gasteiger partial charge in [-0.1, -0.05) is 36.3 Å². The van der Waals surface area contributed by atoms with Gasteiger partial charge in [0.2, 0.25) is 5.91 Å². The average Bonchev–Trinajstić information content (AvgIpc) is 3.48. The topological polar surface area (TPSA) is 68.7 Å². The van der Waals surface area contributed by atoms with Crippen LogP contribution in [0.2, 0.25) is 0 Å². The number of amides is 1. The summed E-state index contributed by atoms with van der Waals surface area (Å²) in [4.78, 5) is 13.4. The third-order valence-corrected chi connectivity index (χ3v) is 6.15. The van der Waals surface area contributed by atoms with Crippen LogP contribution >= 0.6 is 0 Å². The number of rotatable bonds is 1. The van der Waals surface area contributed by atoms with Gasteiger partial charge in [0, 0.05) is 43.1 Å². The van der Waals surface area contributed by atoms with Gasteiger partial charge in [0.05, 0.1) is 12.9 Å². The molecule has 5 heteroatoms. The van der Waals surface area contributed by atoms with Crippen molar-refractivity contribution in [3.63, 3.8) is 0 Å². The van der Waals surface area contributed by atoms with Crippen molar-refractivity contribution in [1.29, 1.82) is 0 Å². The average molecular weight is 429 g/mol. The van der Waals surface area contributed by atoms with Crippen LogP contribution in [0.25, 0.3) is 0 Å². The van der Waals surface area contributed by atoms with Crippen LogP contribution in [-0.2, 0) is 16.8 Å². The lowest BCUT2D eigenvalue weighted by molar-refractivity contribution is -0.130. The summed E-state index contributed by atoms with van der Waals surface area (Å²) in [5.74, 6) is 7.79. The molecule has 32 heavy (non-hydrogen) atoms. The summed E-state index contributed by atoms with van der Waals surface area (Å²) in [6.07, 6.45) is 3.58. The second-order valence-corrected chi connectivity index (χ2v) is 8.20. The number of carbonyl (C=O) groups is 1.